The maximum atomic E-state index is 12.8. The Morgan fingerprint density at radius 3 is 2.39 bits per heavy atom. The summed E-state index contributed by atoms with van der Waals surface area (Å²) in [6.07, 6.45) is 1.46. The Morgan fingerprint density at radius 1 is 0.964 bits per heavy atom. The Balaban J connectivity index is 1.57. The summed E-state index contributed by atoms with van der Waals surface area (Å²) in [5.74, 6) is 1.05. The summed E-state index contributed by atoms with van der Waals surface area (Å²) in [5, 5.41) is 1.93. The lowest BCUT2D eigenvalue weighted by Gasteiger charge is -2.20. The number of sulfonamides is 1. The molecule has 0 spiro atoms. The van der Waals surface area contributed by atoms with Crippen LogP contribution in [0.2, 0.25) is 0 Å². The molecule has 4 aromatic rings. The van der Waals surface area contributed by atoms with E-state index in [1.807, 2.05) is 18.4 Å². The summed E-state index contributed by atoms with van der Waals surface area (Å²) < 4.78 is 33.6. The van der Waals surface area contributed by atoms with Gasteiger partial charge >= 0.3 is 0 Å². The van der Waals surface area contributed by atoms with Crippen LogP contribution in [-0.2, 0) is 10.0 Å². The molecule has 0 radical (unpaired) electrons. The van der Waals surface area contributed by atoms with Crippen LogP contribution in [0.5, 0.6) is 11.6 Å². The summed E-state index contributed by atoms with van der Waals surface area (Å²) in [6.45, 7) is 1.92. The minimum Gasteiger partial charge on any atom is -0.437 e. The van der Waals surface area contributed by atoms with Gasteiger partial charge in [-0.15, -0.1) is 11.3 Å². The van der Waals surface area contributed by atoms with Crippen molar-refractivity contribution in [3.05, 3.63) is 71.9 Å². The Bertz CT molecular complexity index is 1220. The standard InChI is InChI=1S/C20H17N3O3S2/c1-14-3-9-17(10-4-14)28(24,25)23(2)15-5-7-16(8-6-15)26-20-19-18(11-12-27-19)21-13-22-20/h3-13H,1-2H3. The SMILES string of the molecule is Cc1ccc(S(=O)(=O)N(C)c2ccc(Oc3ncnc4ccsc34)cc2)cc1. The Labute approximate surface area is 167 Å². The number of aromatic nitrogens is 2. The highest BCUT2D eigenvalue weighted by Gasteiger charge is 2.21. The minimum atomic E-state index is -3.63. The zero-order valence-electron chi connectivity index (χ0n) is 15.2. The van der Waals surface area contributed by atoms with Gasteiger partial charge in [-0.1, -0.05) is 17.7 Å². The largest absolute Gasteiger partial charge is 0.437 e. The van der Waals surface area contributed by atoms with Crippen LogP contribution < -0.4 is 9.04 Å². The molecule has 28 heavy (non-hydrogen) atoms. The molecule has 0 fully saturated rings. The minimum absolute atomic E-state index is 0.252. The van der Waals surface area contributed by atoms with Gasteiger partial charge < -0.3 is 4.74 Å². The Morgan fingerprint density at radius 2 is 1.68 bits per heavy atom. The normalized spacial score (nSPS) is 11.5. The van der Waals surface area contributed by atoms with Gasteiger partial charge in [0.05, 0.1) is 16.1 Å². The number of anilines is 1. The van der Waals surface area contributed by atoms with E-state index in [2.05, 4.69) is 9.97 Å². The zero-order chi connectivity index (χ0) is 19.7. The van der Waals surface area contributed by atoms with Crippen LogP contribution >= 0.6 is 11.3 Å². The van der Waals surface area contributed by atoms with E-state index < -0.39 is 10.0 Å². The summed E-state index contributed by atoms with van der Waals surface area (Å²) in [7, 11) is -2.10. The molecule has 0 bridgehead atoms. The highest BCUT2D eigenvalue weighted by molar-refractivity contribution is 7.92. The topological polar surface area (TPSA) is 72.4 Å². The van der Waals surface area contributed by atoms with Crippen LogP contribution in [0.4, 0.5) is 5.69 Å². The van der Waals surface area contributed by atoms with Crippen molar-refractivity contribution in [1.82, 2.24) is 9.97 Å². The number of fused-ring (bicyclic) bond motifs is 1. The van der Waals surface area contributed by atoms with Crippen molar-refractivity contribution in [2.45, 2.75) is 11.8 Å². The van der Waals surface area contributed by atoms with E-state index in [1.165, 1.54) is 29.0 Å². The van der Waals surface area contributed by atoms with E-state index in [0.717, 1.165) is 15.8 Å². The summed E-state index contributed by atoms with van der Waals surface area (Å²) in [6, 6.07) is 15.5. The number of ether oxygens (including phenoxy) is 1. The molecule has 8 heteroatoms. The number of benzene rings is 2. The van der Waals surface area contributed by atoms with Crippen LogP contribution in [-0.4, -0.2) is 25.4 Å². The van der Waals surface area contributed by atoms with Gasteiger partial charge in [-0.05, 0) is 54.8 Å². The average Bonchev–Trinajstić information content (AvgIpc) is 3.18. The lowest BCUT2D eigenvalue weighted by atomic mass is 10.2. The number of hydrogen-bond acceptors (Lipinski definition) is 6. The fraction of sp³-hybridized carbons (Fsp3) is 0.100. The van der Waals surface area contributed by atoms with E-state index in [-0.39, 0.29) is 4.90 Å². The predicted octanol–water partition coefficient (Wildman–Crippen LogP) is 4.62. The van der Waals surface area contributed by atoms with Crippen LogP contribution in [0.25, 0.3) is 10.2 Å². The number of hydrogen-bond donors (Lipinski definition) is 0. The van der Waals surface area contributed by atoms with E-state index in [4.69, 9.17) is 4.74 Å². The van der Waals surface area contributed by atoms with E-state index in [9.17, 15) is 8.42 Å². The van der Waals surface area contributed by atoms with Crippen molar-refractivity contribution < 1.29 is 13.2 Å². The second-order valence-electron chi connectivity index (χ2n) is 6.20. The van der Waals surface area contributed by atoms with Crippen molar-refractivity contribution in [2.24, 2.45) is 0 Å². The molecule has 0 aliphatic rings. The zero-order valence-corrected chi connectivity index (χ0v) is 16.9. The summed E-state index contributed by atoms with van der Waals surface area (Å²) in [5.41, 5.74) is 2.38. The van der Waals surface area contributed by atoms with Gasteiger partial charge in [-0.25, -0.2) is 18.4 Å². The van der Waals surface area contributed by atoms with Gasteiger partial charge in [0.1, 0.15) is 16.8 Å². The monoisotopic (exact) mass is 411 g/mol. The van der Waals surface area contributed by atoms with Crippen molar-refractivity contribution in [1.29, 1.82) is 0 Å². The maximum absolute atomic E-state index is 12.8. The summed E-state index contributed by atoms with van der Waals surface area (Å²) >= 11 is 1.51. The molecular formula is C20H17N3O3S2. The fourth-order valence-electron chi connectivity index (χ4n) is 2.68. The van der Waals surface area contributed by atoms with Gasteiger partial charge in [0.25, 0.3) is 10.0 Å². The molecule has 0 N–H and O–H groups in total. The predicted molar refractivity (Wildman–Crippen MR) is 111 cm³/mol. The second kappa shape index (κ2) is 7.21. The first kappa shape index (κ1) is 18.4. The third kappa shape index (κ3) is 3.44. The molecule has 0 saturated heterocycles. The molecule has 0 amide bonds. The van der Waals surface area contributed by atoms with Gasteiger partial charge in [-0.2, -0.15) is 0 Å². The van der Waals surface area contributed by atoms with Crippen molar-refractivity contribution in [3.63, 3.8) is 0 Å². The lowest BCUT2D eigenvalue weighted by molar-refractivity contribution is 0.469. The first-order chi connectivity index (χ1) is 13.4. The Kier molecular flexibility index (Phi) is 4.74. The first-order valence-electron chi connectivity index (χ1n) is 8.47. The highest BCUT2D eigenvalue weighted by Crippen LogP contribution is 2.31. The van der Waals surface area contributed by atoms with Gasteiger partial charge in [-0.3, -0.25) is 4.31 Å². The molecule has 2 heterocycles. The first-order valence-corrected chi connectivity index (χ1v) is 10.8. The van der Waals surface area contributed by atoms with Crippen LogP contribution in [0.3, 0.4) is 0 Å². The van der Waals surface area contributed by atoms with E-state index >= 15 is 0 Å². The molecule has 0 unspecified atom stereocenters. The average molecular weight is 412 g/mol. The van der Waals surface area contributed by atoms with E-state index in [1.54, 1.807) is 48.5 Å². The van der Waals surface area contributed by atoms with Crippen molar-refractivity contribution in [2.75, 3.05) is 11.4 Å². The molecule has 0 saturated carbocycles. The number of aryl methyl sites for hydroxylation is 1. The van der Waals surface area contributed by atoms with Gasteiger partial charge in [0.15, 0.2) is 0 Å². The highest BCUT2D eigenvalue weighted by atomic mass is 32.2. The molecular weight excluding hydrogens is 394 g/mol. The van der Waals surface area contributed by atoms with Crippen molar-refractivity contribution in [3.8, 4) is 11.6 Å². The van der Waals surface area contributed by atoms with Crippen molar-refractivity contribution >= 4 is 37.3 Å². The smallest absolute Gasteiger partial charge is 0.264 e. The molecule has 0 atom stereocenters. The maximum Gasteiger partial charge on any atom is 0.264 e. The third-order valence-electron chi connectivity index (χ3n) is 4.30. The third-order valence-corrected chi connectivity index (χ3v) is 7.00. The molecule has 4 rings (SSSR count). The quantitative estimate of drug-likeness (QED) is 0.479. The summed E-state index contributed by atoms with van der Waals surface area (Å²) in [4.78, 5) is 8.63. The molecule has 0 aliphatic heterocycles. The number of nitrogens with zero attached hydrogens (tertiary/aromatic N) is 3. The van der Waals surface area contributed by atoms with Crippen LogP contribution in [0.15, 0.2) is 71.2 Å². The van der Waals surface area contributed by atoms with Crippen LogP contribution in [0.1, 0.15) is 5.56 Å². The molecule has 0 aliphatic carbocycles. The molecule has 142 valence electrons. The van der Waals surface area contributed by atoms with Crippen LogP contribution in [0, 0.1) is 6.92 Å². The van der Waals surface area contributed by atoms with Gasteiger partial charge in [0, 0.05) is 7.05 Å². The fourth-order valence-corrected chi connectivity index (χ4v) is 4.65. The number of thiophene rings is 1. The van der Waals surface area contributed by atoms with E-state index in [0.29, 0.717) is 17.3 Å². The molecule has 2 aromatic heterocycles. The second-order valence-corrected chi connectivity index (χ2v) is 9.08. The lowest BCUT2D eigenvalue weighted by Crippen LogP contribution is -2.26. The van der Waals surface area contributed by atoms with Gasteiger partial charge in [0.2, 0.25) is 5.88 Å². The Hall–Kier alpha value is -2.97. The molecule has 6 nitrogen and oxygen atoms in total. The number of rotatable bonds is 5. The molecule has 2 aromatic carbocycles.